The van der Waals surface area contributed by atoms with Crippen molar-refractivity contribution < 1.29 is 9.50 Å². The molecule has 6 nitrogen and oxygen atoms in total. The fourth-order valence-corrected chi connectivity index (χ4v) is 5.02. The average Bonchev–Trinajstić information content (AvgIpc) is 2.70. The number of benzene rings is 1. The van der Waals surface area contributed by atoms with E-state index in [0.29, 0.717) is 33.6 Å². The first kappa shape index (κ1) is 22.5. The molecule has 2 saturated heterocycles. The minimum absolute atomic E-state index is 0.197. The number of anilines is 2. The summed E-state index contributed by atoms with van der Waals surface area (Å²) in [6.45, 7) is 6.91. The van der Waals surface area contributed by atoms with Crippen molar-refractivity contribution in [2.24, 2.45) is 11.8 Å². The maximum Gasteiger partial charge on any atom is 0.227 e. The molecular formula is C22H28Cl2FN5O. The van der Waals surface area contributed by atoms with Gasteiger partial charge in [-0.05, 0) is 55.8 Å². The van der Waals surface area contributed by atoms with Gasteiger partial charge in [0.1, 0.15) is 10.8 Å². The van der Waals surface area contributed by atoms with E-state index in [2.05, 4.69) is 25.1 Å². The Labute approximate surface area is 192 Å². The Hall–Kier alpha value is -1.67. The van der Waals surface area contributed by atoms with Gasteiger partial charge in [-0.1, -0.05) is 29.3 Å². The third kappa shape index (κ3) is 5.22. The molecule has 2 N–H and O–H groups in total. The Morgan fingerprint density at radius 2 is 2.03 bits per heavy atom. The topological polar surface area (TPSA) is 64.5 Å². The van der Waals surface area contributed by atoms with E-state index in [1.165, 1.54) is 25.0 Å². The third-order valence-electron chi connectivity index (χ3n) is 6.33. The van der Waals surface area contributed by atoms with Crippen LogP contribution < -0.4 is 10.2 Å². The Morgan fingerprint density at radius 1 is 1.23 bits per heavy atom. The molecule has 0 saturated carbocycles. The van der Waals surface area contributed by atoms with Gasteiger partial charge < -0.3 is 20.2 Å². The lowest BCUT2D eigenvalue weighted by Crippen LogP contribution is -2.54. The number of likely N-dealkylation sites (tertiary alicyclic amines) is 1. The monoisotopic (exact) mass is 467 g/mol. The highest BCUT2D eigenvalue weighted by Crippen LogP contribution is 2.34. The van der Waals surface area contributed by atoms with Crippen LogP contribution in [-0.2, 0) is 0 Å². The van der Waals surface area contributed by atoms with Crippen LogP contribution in [0.1, 0.15) is 31.4 Å². The van der Waals surface area contributed by atoms with Crippen molar-refractivity contribution >= 4 is 35.0 Å². The van der Waals surface area contributed by atoms with E-state index < -0.39 is 0 Å². The zero-order valence-electron chi connectivity index (χ0n) is 17.6. The van der Waals surface area contributed by atoms with Crippen molar-refractivity contribution in [1.82, 2.24) is 14.9 Å². The number of halogens is 3. The molecule has 2 aliphatic rings. The first-order valence-electron chi connectivity index (χ1n) is 10.8. The Kier molecular flexibility index (Phi) is 7.16. The van der Waals surface area contributed by atoms with Crippen molar-refractivity contribution in [2.45, 2.75) is 25.8 Å². The molecule has 0 radical (unpaired) electrons. The lowest BCUT2D eigenvalue weighted by Gasteiger charge is -2.46. The molecule has 1 aromatic carbocycles. The number of piperidine rings is 1. The first-order valence-corrected chi connectivity index (χ1v) is 11.5. The molecule has 2 fully saturated rings. The van der Waals surface area contributed by atoms with Crippen LogP contribution in [0.15, 0.2) is 24.4 Å². The van der Waals surface area contributed by atoms with E-state index in [9.17, 15) is 9.50 Å². The summed E-state index contributed by atoms with van der Waals surface area (Å²) < 4.78 is 13.3. The molecule has 2 aromatic rings. The van der Waals surface area contributed by atoms with Crippen LogP contribution in [0.4, 0.5) is 16.2 Å². The quantitative estimate of drug-likeness (QED) is 0.634. The SMILES string of the molecule is CC(Nc1nc(N2CC(C3CCCN(CCO)C3)C2)ncc1Cl)c1ccc(F)cc1Cl. The molecule has 1 aromatic heterocycles. The van der Waals surface area contributed by atoms with Crippen molar-refractivity contribution in [3.63, 3.8) is 0 Å². The summed E-state index contributed by atoms with van der Waals surface area (Å²) in [7, 11) is 0. The van der Waals surface area contributed by atoms with Crippen molar-refractivity contribution in [3.05, 3.63) is 45.8 Å². The van der Waals surface area contributed by atoms with Crippen LogP contribution in [0.5, 0.6) is 0 Å². The summed E-state index contributed by atoms with van der Waals surface area (Å²) in [4.78, 5) is 13.6. The minimum Gasteiger partial charge on any atom is -0.395 e. The molecule has 31 heavy (non-hydrogen) atoms. The van der Waals surface area contributed by atoms with Gasteiger partial charge in [0.15, 0.2) is 5.82 Å². The van der Waals surface area contributed by atoms with Gasteiger partial charge in [-0.15, -0.1) is 0 Å². The number of β-amino-alcohol motifs (C(OH)–C–C–N with tert-alkyl or cyclic N) is 1. The maximum atomic E-state index is 13.3. The van der Waals surface area contributed by atoms with Crippen LogP contribution >= 0.6 is 23.2 Å². The van der Waals surface area contributed by atoms with Crippen LogP contribution in [0.2, 0.25) is 10.0 Å². The van der Waals surface area contributed by atoms with E-state index in [1.54, 1.807) is 12.3 Å². The highest BCUT2D eigenvalue weighted by molar-refractivity contribution is 6.33. The van der Waals surface area contributed by atoms with Gasteiger partial charge in [0.25, 0.3) is 0 Å². The summed E-state index contributed by atoms with van der Waals surface area (Å²) in [5.41, 5.74) is 0.771. The summed E-state index contributed by atoms with van der Waals surface area (Å²) >= 11 is 12.5. The molecule has 2 unspecified atom stereocenters. The smallest absolute Gasteiger partial charge is 0.227 e. The number of aliphatic hydroxyl groups excluding tert-OH is 1. The molecule has 0 aliphatic carbocycles. The molecule has 9 heteroatoms. The van der Waals surface area contributed by atoms with Crippen molar-refractivity contribution in [1.29, 1.82) is 0 Å². The molecule has 0 spiro atoms. The summed E-state index contributed by atoms with van der Waals surface area (Å²) in [5, 5.41) is 13.3. The number of hydrogen-bond donors (Lipinski definition) is 2. The predicted molar refractivity (Wildman–Crippen MR) is 122 cm³/mol. The van der Waals surface area contributed by atoms with E-state index in [-0.39, 0.29) is 18.5 Å². The van der Waals surface area contributed by atoms with Crippen molar-refractivity contribution in [3.8, 4) is 0 Å². The summed E-state index contributed by atoms with van der Waals surface area (Å²) in [5.74, 6) is 2.10. The number of nitrogens with zero attached hydrogens (tertiary/aromatic N) is 4. The van der Waals surface area contributed by atoms with Gasteiger partial charge in [-0.2, -0.15) is 4.98 Å². The highest BCUT2D eigenvalue weighted by atomic mass is 35.5. The lowest BCUT2D eigenvalue weighted by molar-refractivity contribution is 0.101. The second-order valence-electron chi connectivity index (χ2n) is 8.49. The van der Waals surface area contributed by atoms with Gasteiger partial charge >= 0.3 is 0 Å². The van der Waals surface area contributed by atoms with Crippen LogP contribution in [0, 0.1) is 17.7 Å². The van der Waals surface area contributed by atoms with Gasteiger partial charge in [-0.3, -0.25) is 0 Å². The number of rotatable bonds is 7. The maximum absolute atomic E-state index is 13.3. The Bertz CT molecular complexity index is 909. The first-order chi connectivity index (χ1) is 14.9. The third-order valence-corrected chi connectivity index (χ3v) is 6.94. The standard InChI is InChI=1S/C22H28Cl2FN5O/c1-14(18-5-4-17(25)9-19(18)23)27-21-20(24)10-26-22(28-21)30-12-16(13-30)15-3-2-6-29(11-15)7-8-31/h4-5,9-10,14-16,31H,2-3,6-8,11-13H2,1H3,(H,26,27,28). The fourth-order valence-electron chi connectivity index (χ4n) is 4.54. The average molecular weight is 468 g/mol. The van der Waals surface area contributed by atoms with Crippen LogP contribution in [0.3, 0.4) is 0 Å². The molecule has 2 atom stereocenters. The van der Waals surface area contributed by atoms with E-state index in [0.717, 1.165) is 38.3 Å². The van der Waals surface area contributed by atoms with E-state index in [4.69, 9.17) is 23.2 Å². The molecule has 3 heterocycles. The number of aromatic nitrogens is 2. The Balaban J connectivity index is 1.38. The molecule has 0 amide bonds. The zero-order valence-corrected chi connectivity index (χ0v) is 19.1. The normalized spacial score (nSPS) is 21.1. The van der Waals surface area contributed by atoms with Gasteiger partial charge in [0.05, 0.1) is 18.8 Å². The second kappa shape index (κ2) is 9.86. The van der Waals surface area contributed by atoms with Crippen LogP contribution in [0.25, 0.3) is 0 Å². The number of hydrogen-bond acceptors (Lipinski definition) is 6. The fraction of sp³-hybridized carbons (Fsp3) is 0.545. The summed E-state index contributed by atoms with van der Waals surface area (Å²) in [6, 6.07) is 4.15. The molecular weight excluding hydrogens is 440 g/mol. The van der Waals surface area contributed by atoms with Crippen molar-refractivity contribution in [2.75, 3.05) is 49.5 Å². The second-order valence-corrected chi connectivity index (χ2v) is 9.30. The minimum atomic E-state index is -0.368. The lowest BCUT2D eigenvalue weighted by atomic mass is 9.81. The largest absolute Gasteiger partial charge is 0.395 e. The zero-order chi connectivity index (χ0) is 22.0. The molecule has 0 bridgehead atoms. The molecule has 2 aliphatic heterocycles. The van der Waals surface area contributed by atoms with Gasteiger partial charge in [-0.25, -0.2) is 9.37 Å². The molecule has 168 valence electrons. The van der Waals surface area contributed by atoms with Gasteiger partial charge in [0, 0.05) is 31.2 Å². The summed E-state index contributed by atoms with van der Waals surface area (Å²) in [6.07, 6.45) is 4.04. The van der Waals surface area contributed by atoms with Crippen LogP contribution in [-0.4, -0.2) is 59.3 Å². The number of aliphatic hydroxyl groups is 1. The highest BCUT2D eigenvalue weighted by Gasteiger charge is 2.37. The predicted octanol–water partition coefficient (Wildman–Crippen LogP) is 4.24. The number of nitrogens with one attached hydrogen (secondary N) is 1. The molecule has 4 rings (SSSR count). The van der Waals surface area contributed by atoms with E-state index in [1.807, 2.05) is 6.92 Å². The van der Waals surface area contributed by atoms with Gasteiger partial charge in [0.2, 0.25) is 5.95 Å². The Morgan fingerprint density at radius 3 is 2.77 bits per heavy atom. The van der Waals surface area contributed by atoms with E-state index >= 15 is 0 Å².